The Morgan fingerprint density at radius 1 is 1.29 bits per heavy atom. The van der Waals surface area contributed by atoms with Gasteiger partial charge in [-0.25, -0.2) is 4.79 Å². The van der Waals surface area contributed by atoms with Crippen LogP contribution in [0.4, 0.5) is 10.5 Å². The second-order valence-corrected chi connectivity index (χ2v) is 5.87. The number of anilines is 1. The van der Waals surface area contributed by atoms with E-state index in [2.05, 4.69) is 17.6 Å². The molecule has 1 saturated carbocycles. The van der Waals surface area contributed by atoms with Gasteiger partial charge in [0.2, 0.25) is 0 Å². The summed E-state index contributed by atoms with van der Waals surface area (Å²) in [5.74, 6) is 0.724. The summed E-state index contributed by atoms with van der Waals surface area (Å²) >= 11 is 0. The highest BCUT2D eigenvalue weighted by molar-refractivity contribution is 5.96. The van der Waals surface area contributed by atoms with Crippen LogP contribution in [0.1, 0.15) is 56.3 Å². The zero-order chi connectivity index (χ0) is 15.2. The molecule has 2 rings (SSSR count). The number of benzene rings is 1. The third-order valence-corrected chi connectivity index (χ3v) is 4.22. The van der Waals surface area contributed by atoms with E-state index in [0.29, 0.717) is 11.3 Å². The monoisotopic (exact) mass is 288 g/mol. The van der Waals surface area contributed by atoms with Crippen LogP contribution in [0.3, 0.4) is 0 Å². The highest BCUT2D eigenvalue weighted by atomic mass is 16.2. The fourth-order valence-electron chi connectivity index (χ4n) is 2.96. The molecule has 2 amide bonds. The molecule has 2 unspecified atom stereocenters. The molecule has 2 N–H and O–H groups in total. The van der Waals surface area contributed by atoms with E-state index in [-0.39, 0.29) is 17.9 Å². The minimum atomic E-state index is -0.183. The zero-order valence-electron chi connectivity index (χ0n) is 12.8. The quantitative estimate of drug-likeness (QED) is 0.823. The number of ketones is 1. The molecule has 4 heteroatoms. The van der Waals surface area contributed by atoms with Crippen LogP contribution in [0.15, 0.2) is 24.3 Å². The van der Waals surface area contributed by atoms with Gasteiger partial charge in [0.05, 0.1) is 0 Å². The second kappa shape index (κ2) is 7.25. The lowest BCUT2D eigenvalue weighted by atomic mass is 9.84. The summed E-state index contributed by atoms with van der Waals surface area (Å²) in [6.07, 6.45) is 5.76. The molecule has 1 fully saturated rings. The van der Waals surface area contributed by atoms with Crippen molar-refractivity contribution in [3.8, 4) is 0 Å². The fourth-order valence-corrected chi connectivity index (χ4v) is 2.96. The molecule has 0 aromatic heterocycles. The number of nitrogens with one attached hydrogen (secondary N) is 2. The van der Waals surface area contributed by atoms with Gasteiger partial charge in [0, 0.05) is 17.3 Å². The van der Waals surface area contributed by atoms with E-state index in [0.717, 1.165) is 18.8 Å². The average Bonchev–Trinajstić information content (AvgIpc) is 2.47. The standard InChI is InChI=1S/C17H24N2O2/c1-3-13-6-4-8-15(10-13)18-17(21)19-16-9-5-7-14(11-16)12(2)20/h5,7,9,11,13,15H,3-4,6,8,10H2,1-2H3,(H2,18,19,21). The first kappa shape index (κ1) is 15.5. The van der Waals surface area contributed by atoms with Crippen molar-refractivity contribution in [1.29, 1.82) is 0 Å². The van der Waals surface area contributed by atoms with Crippen molar-refractivity contribution < 1.29 is 9.59 Å². The van der Waals surface area contributed by atoms with Crippen molar-refractivity contribution in [3.63, 3.8) is 0 Å². The predicted molar refractivity (Wildman–Crippen MR) is 84.6 cm³/mol. The Balaban J connectivity index is 1.89. The fraction of sp³-hybridized carbons (Fsp3) is 0.529. The number of carbonyl (C=O) groups excluding carboxylic acids is 2. The molecule has 4 nitrogen and oxygen atoms in total. The van der Waals surface area contributed by atoms with Crippen LogP contribution in [-0.2, 0) is 0 Å². The largest absolute Gasteiger partial charge is 0.335 e. The maximum Gasteiger partial charge on any atom is 0.319 e. The number of amides is 2. The molecular weight excluding hydrogens is 264 g/mol. The molecule has 0 heterocycles. The Morgan fingerprint density at radius 2 is 2.10 bits per heavy atom. The lowest BCUT2D eigenvalue weighted by Crippen LogP contribution is -2.40. The zero-order valence-corrected chi connectivity index (χ0v) is 12.8. The van der Waals surface area contributed by atoms with Gasteiger partial charge in [0.25, 0.3) is 0 Å². The molecule has 1 aliphatic rings. The summed E-state index contributed by atoms with van der Waals surface area (Å²) in [4.78, 5) is 23.4. The van der Waals surface area contributed by atoms with Gasteiger partial charge < -0.3 is 10.6 Å². The maximum absolute atomic E-state index is 12.0. The Labute approximate surface area is 126 Å². The number of rotatable bonds is 4. The van der Waals surface area contributed by atoms with Gasteiger partial charge in [-0.05, 0) is 37.8 Å². The molecule has 1 aromatic rings. The summed E-state index contributed by atoms with van der Waals surface area (Å²) in [5.41, 5.74) is 1.26. The van der Waals surface area contributed by atoms with Crippen molar-refractivity contribution in [1.82, 2.24) is 5.32 Å². The lowest BCUT2D eigenvalue weighted by Gasteiger charge is -2.29. The number of urea groups is 1. The molecule has 21 heavy (non-hydrogen) atoms. The average molecular weight is 288 g/mol. The van der Waals surface area contributed by atoms with E-state index in [4.69, 9.17) is 0 Å². The Bertz CT molecular complexity index is 513. The van der Waals surface area contributed by atoms with Crippen molar-refractivity contribution in [2.45, 2.75) is 52.0 Å². The highest BCUT2D eigenvalue weighted by Crippen LogP contribution is 2.26. The van der Waals surface area contributed by atoms with Crippen LogP contribution in [0.5, 0.6) is 0 Å². The van der Waals surface area contributed by atoms with Gasteiger partial charge in [0.15, 0.2) is 5.78 Å². The normalized spacial score (nSPS) is 21.6. The number of carbonyl (C=O) groups is 2. The lowest BCUT2D eigenvalue weighted by molar-refractivity contribution is 0.101. The molecular formula is C17H24N2O2. The highest BCUT2D eigenvalue weighted by Gasteiger charge is 2.22. The van der Waals surface area contributed by atoms with E-state index in [1.54, 1.807) is 24.3 Å². The van der Waals surface area contributed by atoms with E-state index in [1.807, 2.05) is 0 Å². The van der Waals surface area contributed by atoms with Crippen LogP contribution in [0, 0.1) is 5.92 Å². The second-order valence-electron chi connectivity index (χ2n) is 5.87. The molecule has 1 aromatic carbocycles. The molecule has 1 aliphatic carbocycles. The predicted octanol–water partition coefficient (Wildman–Crippen LogP) is 3.98. The Hall–Kier alpha value is -1.84. The van der Waals surface area contributed by atoms with Crippen LogP contribution in [0.25, 0.3) is 0 Å². The summed E-state index contributed by atoms with van der Waals surface area (Å²) in [7, 11) is 0. The van der Waals surface area contributed by atoms with Crippen LogP contribution >= 0.6 is 0 Å². The van der Waals surface area contributed by atoms with Crippen LogP contribution < -0.4 is 10.6 Å². The topological polar surface area (TPSA) is 58.2 Å². The Kier molecular flexibility index (Phi) is 5.37. The van der Waals surface area contributed by atoms with Crippen molar-refractivity contribution in [2.75, 3.05) is 5.32 Å². The first-order valence-corrected chi connectivity index (χ1v) is 7.77. The van der Waals surface area contributed by atoms with E-state index < -0.39 is 0 Å². The van der Waals surface area contributed by atoms with Gasteiger partial charge in [0.1, 0.15) is 0 Å². The molecule has 0 saturated heterocycles. The molecule has 2 atom stereocenters. The van der Waals surface area contributed by atoms with E-state index in [1.165, 1.54) is 26.2 Å². The minimum Gasteiger partial charge on any atom is -0.335 e. The molecule has 0 radical (unpaired) electrons. The van der Waals surface area contributed by atoms with Crippen molar-refractivity contribution in [2.24, 2.45) is 5.92 Å². The van der Waals surface area contributed by atoms with Gasteiger partial charge in [-0.15, -0.1) is 0 Å². The van der Waals surface area contributed by atoms with Gasteiger partial charge in [-0.3, -0.25) is 4.79 Å². The maximum atomic E-state index is 12.0. The minimum absolute atomic E-state index is 0.00266. The van der Waals surface area contributed by atoms with Gasteiger partial charge in [-0.2, -0.15) is 0 Å². The Morgan fingerprint density at radius 3 is 2.81 bits per heavy atom. The van der Waals surface area contributed by atoms with Gasteiger partial charge >= 0.3 is 6.03 Å². The van der Waals surface area contributed by atoms with E-state index >= 15 is 0 Å². The summed E-state index contributed by atoms with van der Waals surface area (Å²) < 4.78 is 0. The van der Waals surface area contributed by atoms with Crippen LogP contribution in [-0.4, -0.2) is 17.9 Å². The summed E-state index contributed by atoms with van der Waals surface area (Å²) in [5, 5.41) is 5.86. The SMILES string of the molecule is CCC1CCCC(NC(=O)Nc2cccc(C(C)=O)c2)C1. The van der Waals surface area contributed by atoms with Gasteiger partial charge in [-0.1, -0.05) is 38.3 Å². The number of Topliss-reactive ketones (excluding diaryl/α,β-unsaturated/α-hetero) is 1. The summed E-state index contributed by atoms with van der Waals surface area (Å²) in [6.45, 7) is 3.73. The molecule has 0 bridgehead atoms. The number of hydrogen-bond acceptors (Lipinski definition) is 2. The molecule has 0 aliphatic heterocycles. The first-order chi connectivity index (χ1) is 10.1. The third kappa shape index (κ3) is 4.59. The summed E-state index contributed by atoms with van der Waals surface area (Å²) in [6, 6.07) is 7.11. The smallest absolute Gasteiger partial charge is 0.319 e. The number of hydrogen-bond donors (Lipinski definition) is 2. The van der Waals surface area contributed by atoms with E-state index in [9.17, 15) is 9.59 Å². The molecule has 114 valence electrons. The van der Waals surface area contributed by atoms with Crippen molar-refractivity contribution in [3.05, 3.63) is 29.8 Å². The third-order valence-electron chi connectivity index (χ3n) is 4.22. The molecule has 0 spiro atoms. The van der Waals surface area contributed by atoms with Crippen molar-refractivity contribution >= 4 is 17.5 Å². The van der Waals surface area contributed by atoms with Crippen LogP contribution in [0.2, 0.25) is 0 Å². The first-order valence-electron chi connectivity index (χ1n) is 7.77.